The minimum Gasteiger partial charge on any atom is -0.327 e. The van der Waals surface area contributed by atoms with E-state index in [0.29, 0.717) is 11.3 Å². The predicted molar refractivity (Wildman–Crippen MR) is 93.4 cm³/mol. The molecule has 1 heterocycles. The highest BCUT2D eigenvalue weighted by atomic mass is 32.1. The highest BCUT2D eigenvalue weighted by Crippen LogP contribution is 2.24. The van der Waals surface area contributed by atoms with Crippen molar-refractivity contribution in [2.24, 2.45) is 0 Å². The molecule has 2 aromatic rings. The summed E-state index contributed by atoms with van der Waals surface area (Å²) in [5.74, 6) is -2.24. The third kappa shape index (κ3) is 3.05. The van der Waals surface area contributed by atoms with Crippen molar-refractivity contribution in [2.45, 2.75) is 13.3 Å². The van der Waals surface area contributed by atoms with Crippen molar-refractivity contribution in [2.75, 3.05) is 4.90 Å². The molecule has 2 aromatic carbocycles. The van der Waals surface area contributed by atoms with Crippen LogP contribution in [0.25, 0.3) is 6.08 Å². The van der Waals surface area contributed by atoms with Crippen LogP contribution in [0.3, 0.4) is 0 Å². The van der Waals surface area contributed by atoms with Crippen LogP contribution in [0, 0.1) is 11.6 Å². The van der Waals surface area contributed by atoms with E-state index in [2.05, 4.69) is 5.32 Å². The molecular formula is C18H14F2N2OS. The fraction of sp³-hybridized carbons (Fsp3) is 0.111. The Morgan fingerprint density at radius 3 is 2.67 bits per heavy atom. The standard InChI is InChI=1S/C18H14F2N2OS/c1-2-11-4-3-5-13(8-11)22-17(23)16(21-18(22)24)10-12-6-7-14(19)15(20)9-12/h3-10H,2H2,1H3,(H,21,24)/b16-10+. The first-order chi connectivity index (χ1) is 11.5. The lowest BCUT2D eigenvalue weighted by molar-refractivity contribution is -0.113. The zero-order valence-corrected chi connectivity index (χ0v) is 13.7. The van der Waals surface area contributed by atoms with E-state index >= 15 is 0 Å². The Hall–Kier alpha value is -2.60. The van der Waals surface area contributed by atoms with Gasteiger partial charge in [-0.15, -0.1) is 0 Å². The maximum atomic E-state index is 13.3. The molecule has 1 fully saturated rings. The van der Waals surface area contributed by atoms with Crippen LogP contribution in [-0.2, 0) is 11.2 Å². The van der Waals surface area contributed by atoms with Crippen LogP contribution in [0.4, 0.5) is 14.5 Å². The molecule has 1 aliphatic heterocycles. The molecule has 0 radical (unpaired) electrons. The van der Waals surface area contributed by atoms with E-state index < -0.39 is 11.6 Å². The number of aryl methyl sites for hydroxylation is 1. The Morgan fingerprint density at radius 1 is 1.17 bits per heavy atom. The Bertz CT molecular complexity index is 864. The number of carbonyl (C=O) groups is 1. The van der Waals surface area contributed by atoms with E-state index in [-0.39, 0.29) is 16.7 Å². The molecule has 1 amide bonds. The van der Waals surface area contributed by atoms with Crippen LogP contribution in [0.5, 0.6) is 0 Å². The summed E-state index contributed by atoms with van der Waals surface area (Å²) < 4.78 is 26.3. The number of anilines is 1. The first kappa shape index (κ1) is 16.3. The van der Waals surface area contributed by atoms with Gasteiger partial charge in [0.1, 0.15) is 5.70 Å². The summed E-state index contributed by atoms with van der Waals surface area (Å²) >= 11 is 5.24. The monoisotopic (exact) mass is 344 g/mol. The summed E-state index contributed by atoms with van der Waals surface area (Å²) in [6, 6.07) is 11.0. The number of thiocarbonyl (C=S) groups is 1. The molecule has 0 aromatic heterocycles. The summed E-state index contributed by atoms with van der Waals surface area (Å²) in [5, 5.41) is 3.08. The maximum absolute atomic E-state index is 13.3. The number of benzene rings is 2. The number of amides is 1. The van der Waals surface area contributed by atoms with Gasteiger partial charge in [-0.2, -0.15) is 0 Å². The number of hydrogen-bond donors (Lipinski definition) is 1. The predicted octanol–water partition coefficient (Wildman–Crippen LogP) is 3.79. The topological polar surface area (TPSA) is 32.3 Å². The van der Waals surface area contributed by atoms with Gasteiger partial charge in [-0.3, -0.25) is 9.69 Å². The molecule has 3 rings (SSSR count). The van der Waals surface area contributed by atoms with Crippen molar-refractivity contribution >= 4 is 35.0 Å². The molecule has 0 unspecified atom stereocenters. The van der Waals surface area contributed by atoms with Gasteiger partial charge in [-0.25, -0.2) is 8.78 Å². The van der Waals surface area contributed by atoms with Gasteiger partial charge in [0.25, 0.3) is 5.91 Å². The summed E-state index contributed by atoms with van der Waals surface area (Å²) in [4.78, 5) is 14.0. The molecule has 3 nitrogen and oxygen atoms in total. The highest BCUT2D eigenvalue weighted by Gasteiger charge is 2.32. The molecule has 0 saturated carbocycles. The van der Waals surface area contributed by atoms with Crippen molar-refractivity contribution in [3.05, 3.63) is 70.9 Å². The number of halogens is 2. The van der Waals surface area contributed by atoms with Gasteiger partial charge in [-0.05, 0) is 60.1 Å². The van der Waals surface area contributed by atoms with Crippen molar-refractivity contribution in [3.8, 4) is 0 Å². The van der Waals surface area contributed by atoms with Gasteiger partial charge in [0.05, 0.1) is 5.69 Å². The lowest BCUT2D eigenvalue weighted by atomic mass is 10.1. The number of hydrogen-bond acceptors (Lipinski definition) is 2. The van der Waals surface area contributed by atoms with E-state index in [1.807, 2.05) is 25.1 Å². The summed E-state index contributed by atoms with van der Waals surface area (Å²) in [6.07, 6.45) is 2.29. The number of nitrogens with zero attached hydrogens (tertiary/aromatic N) is 1. The van der Waals surface area contributed by atoms with Crippen LogP contribution in [0.1, 0.15) is 18.1 Å². The van der Waals surface area contributed by atoms with Gasteiger partial charge in [0, 0.05) is 0 Å². The second kappa shape index (κ2) is 6.49. The second-order valence-corrected chi connectivity index (χ2v) is 5.71. The van der Waals surface area contributed by atoms with Crippen molar-refractivity contribution in [3.63, 3.8) is 0 Å². The van der Waals surface area contributed by atoms with E-state index in [0.717, 1.165) is 24.1 Å². The van der Waals surface area contributed by atoms with Crippen LogP contribution in [-0.4, -0.2) is 11.0 Å². The average Bonchev–Trinajstić information content (AvgIpc) is 2.85. The molecule has 122 valence electrons. The Labute approximate surface area is 143 Å². The SMILES string of the molecule is CCc1cccc(N2C(=O)/C(=C\c3ccc(F)c(F)c3)NC2=S)c1. The van der Waals surface area contributed by atoms with Gasteiger partial charge in [-0.1, -0.05) is 25.1 Å². The van der Waals surface area contributed by atoms with E-state index in [1.54, 1.807) is 6.07 Å². The molecule has 0 aliphatic carbocycles. The highest BCUT2D eigenvalue weighted by molar-refractivity contribution is 7.80. The van der Waals surface area contributed by atoms with E-state index in [4.69, 9.17) is 12.2 Å². The summed E-state index contributed by atoms with van der Waals surface area (Å²) in [6.45, 7) is 2.02. The number of rotatable bonds is 3. The minimum atomic E-state index is -0.968. The summed E-state index contributed by atoms with van der Waals surface area (Å²) in [5.41, 5.74) is 2.34. The fourth-order valence-corrected chi connectivity index (χ4v) is 2.75. The van der Waals surface area contributed by atoms with Crippen molar-refractivity contribution in [1.29, 1.82) is 0 Å². The maximum Gasteiger partial charge on any atom is 0.281 e. The average molecular weight is 344 g/mol. The van der Waals surface area contributed by atoms with Crippen LogP contribution < -0.4 is 10.2 Å². The first-order valence-corrected chi connectivity index (χ1v) is 7.81. The molecule has 1 N–H and O–H groups in total. The molecule has 0 bridgehead atoms. The molecular weight excluding hydrogens is 330 g/mol. The van der Waals surface area contributed by atoms with Gasteiger partial charge in [0.2, 0.25) is 0 Å². The molecule has 6 heteroatoms. The van der Waals surface area contributed by atoms with E-state index in [1.165, 1.54) is 17.0 Å². The molecule has 0 atom stereocenters. The molecule has 0 spiro atoms. The minimum absolute atomic E-state index is 0.216. The zero-order chi connectivity index (χ0) is 17.3. The second-order valence-electron chi connectivity index (χ2n) is 5.33. The van der Waals surface area contributed by atoms with Crippen molar-refractivity contribution in [1.82, 2.24) is 5.32 Å². The van der Waals surface area contributed by atoms with Crippen LogP contribution in [0.2, 0.25) is 0 Å². The Kier molecular flexibility index (Phi) is 4.40. The van der Waals surface area contributed by atoms with Crippen LogP contribution >= 0.6 is 12.2 Å². The van der Waals surface area contributed by atoms with E-state index in [9.17, 15) is 13.6 Å². The van der Waals surface area contributed by atoms with Gasteiger partial charge < -0.3 is 5.32 Å². The number of carbonyl (C=O) groups excluding carboxylic acids is 1. The normalized spacial score (nSPS) is 16.0. The van der Waals surface area contributed by atoms with Gasteiger partial charge in [0.15, 0.2) is 16.7 Å². The third-order valence-electron chi connectivity index (χ3n) is 3.71. The van der Waals surface area contributed by atoms with Crippen LogP contribution in [0.15, 0.2) is 48.2 Å². The smallest absolute Gasteiger partial charge is 0.281 e. The van der Waals surface area contributed by atoms with Crippen molar-refractivity contribution < 1.29 is 13.6 Å². The zero-order valence-electron chi connectivity index (χ0n) is 12.8. The third-order valence-corrected chi connectivity index (χ3v) is 3.99. The summed E-state index contributed by atoms with van der Waals surface area (Å²) in [7, 11) is 0. The fourth-order valence-electron chi connectivity index (χ4n) is 2.45. The quantitative estimate of drug-likeness (QED) is 0.679. The molecule has 1 aliphatic rings. The largest absolute Gasteiger partial charge is 0.327 e. The first-order valence-electron chi connectivity index (χ1n) is 7.40. The number of nitrogens with one attached hydrogen (secondary N) is 1. The molecule has 1 saturated heterocycles. The van der Waals surface area contributed by atoms with Gasteiger partial charge >= 0.3 is 0 Å². The molecule has 24 heavy (non-hydrogen) atoms. The lowest BCUT2D eigenvalue weighted by Gasteiger charge is -2.14. The Balaban J connectivity index is 1.93. The lowest BCUT2D eigenvalue weighted by Crippen LogP contribution is -2.30. The Morgan fingerprint density at radius 2 is 1.96 bits per heavy atom.